The van der Waals surface area contributed by atoms with Crippen molar-refractivity contribution in [3.63, 3.8) is 0 Å². The predicted molar refractivity (Wildman–Crippen MR) is 75.2 cm³/mol. The number of aliphatic hydroxyl groups is 2. The van der Waals surface area contributed by atoms with Crippen LogP contribution >= 0.6 is 11.6 Å². The number of rotatable bonds is 5. The lowest BCUT2D eigenvalue weighted by Gasteiger charge is -2.17. The van der Waals surface area contributed by atoms with Crippen LogP contribution in [0.15, 0.2) is 15.8 Å². The third kappa shape index (κ3) is 3.15. The monoisotopic (exact) mass is 330 g/mol. The van der Waals surface area contributed by atoms with Gasteiger partial charge in [0.15, 0.2) is 6.19 Å². The lowest BCUT2D eigenvalue weighted by Crippen LogP contribution is -2.37. The average Bonchev–Trinajstić information content (AvgIpc) is 2.86. The highest BCUT2D eigenvalue weighted by Gasteiger charge is 2.35. The fourth-order valence-electron chi connectivity index (χ4n) is 2.29. The molecule has 0 bridgehead atoms. The first-order valence-electron chi connectivity index (χ1n) is 6.52. The molecule has 1 fully saturated rings. The fraction of sp³-hybridized carbons (Fsp3) is 0.583. The van der Waals surface area contributed by atoms with Gasteiger partial charge in [-0.25, -0.2) is 4.79 Å². The van der Waals surface area contributed by atoms with Gasteiger partial charge in [-0.05, 0) is 0 Å². The van der Waals surface area contributed by atoms with E-state index in [1.807, 2.05) is 0 Å². The van der Waals surface area contributed by atoms with Crippen molar-refractivity contribution < 1.29 is 14.9 Å². The summed E-state index contributed by atoms with van der Waals surface area (Å²) < 4.78 is 6.49. The van der Waals surface area contributed by atoms with Crippen molar-refractivity contribution in [2.45, 2.75) is 30.9 Å². The van der Waals surface area contributed by atoms with Gasteiger partial charge in [0.05, 0.1) is 24.3 Å². The molecule has 9 nitrogen and oxygen atoms in total. The normalized spacial score (nSPS) is 25.6. The van der Waals surface area contributed by atoms with Crippen molar-refractivity contribution in [2.75, 3.05) is 12.5 Å². The number of ether oxygens (including phenoxy) is 1. The van der Waals surface area contributed by atoms with E-state index in [1.54, 1.807) is 6.19 Å². The summed E-state index contributed by atoms with van der Waals surface area (Å²) in [5, 5.41) is 29.8. The minimum atomic E-state index is -0.918. The quantitative estimate of drug-likeness (QED) is 0.293. The molecule has 1 aliphatic heterocycles. The molecule has 0 amide bonds. The van der Waals surface area contributed by atoms with E-state index >= 15 is 0 Å². The van der Waals surface area contributed by atoms with Crippen LogP contribution in [0, 0.1) is 11.5 Å². The van der Waals surface area contributed by atoms with Crippen molar-refractivity contribution in [3.05, 3.63) is 32.6 Å². The van der Waals surface area contributed by atoms with E-state index in [-0.39, 0.29) is 24.5 Å². The highest BCUT2D eigenvalue weighted by Crippen LogP contribution is 2.27. The predicted octanol–water partition coefficient (Wildman–Crippen LogP) is -1.47. The maximum absolute atomic E-state index is 11.9. The number of aromatic amines is 1. The zero-order chi connectivity index (χ0) is 16.3. The van der Waals surface area contributed by atoms with Crippen LogP contribution in [0.2, 0.25) is 0 Å². The number of nitrogens with one attached hydrogen (secondary N) is 2. The van der Waals surface area contributed by atoms with Crippen LogP contribution in [0.3, 0.4) is 0 Å². The van der Waals surface area contributed by atoms with Crippen molar-refractivity contribution in [2.24, 2.45) is 0 Å². The minimum Gasteiger partial charge on any atom is -0.394 e. The van der Waals surface area contributed by atoms with Gasteiger partial charge in [-0.1, -0.05) is 0 Å². The molecule has 10 heteroatoms. The smallest absolute Gasteiger partial charge is 0.330 e. The van der Waals surface area contributed by atoms with Crippen molar-refractivity contribution in [3.8, 4) is 6.19 Å². The van der Waals surface area contributed by atoms with Gasteiger partial charge in [0, 0.05) is 18.5 Å². The Morgan fingerprint density at radius 1 is 1.64 bits per heavy atom. The van der Waals surface area contributed by atoms with Gasteiger partial charge in [0.25, 0.3) is 5.56 Å². The van der Waals surface area contributed by atoms with E-state index in [2.05, 4.69) is 10.3 Å². The van der Waals surface area contributed by atoms with Crippen LogP contribution < -0.4 is 16.6 Å². The van der Waals surface area contributed by atoms with Gasteiger partial charge in [-0.15, -0.1) is 11.6 Å². The number of halogens is 1. The molecule has 0 aliphatic carbocycles. The van der Waals surface area contributed by atoms with Crippen LogP contribution in [0.4, 0.5) is 0 Å². The summed E-state index contributed by atoms with van der Waals surface area (Å²) in [5.41, 5.74) is -1.27. The number of nitrogens with zero attached hydrogens (tertiary/aromatic N) is 2. The van der Waals surface area contributed by atoms with Gasteiger partial charge in [-0.2, -0.15) is 5.26 Å². The highest BCUT2D eigenvalue weighted by atomic mass is 35.5. The Hall–Kier alpha value is -1.86. The molecular formula is C12H15ClN4O5. The Morgan fingerprint density at radius 3 is 2.91 bits per heavy atom. The molecule has 2 heterocycles. The van der Waals surface area contributed by atoms with Gasteiger partial charge in [0.2, 0.25) is 0 Å². The van der Waals surface area contributed by atoms with E-state index in [9.17, 15) is 14.7 Å². The molecule has 0 spiro atoms. The Labute approximate surface area is 129 Å². The highest BCUT2D eigenvalue weighted by molar-refractivity contribution is 6.18. The number of nitriles is 1. The molecule has 0 radical (unpaired) electrons. The number of hydrogen-bond donors (Lipinski definition) is 4. The molecule has 22 heavy (non-hydrogen) atoms. The SMILES string of the molecule is N#CNC(CCl)c1cn([C@H]2C[C@H](O)[C@@H](CO)O2)c(=O)[nH]c1=O. The average molecular weight is 331 g/mol. The second kappa shape index (κ2) is 6.93. The van der Waals surface area contributed by atoms with Gasteiger partial charge < -0.3 is 20.3 Å². The number of hydrogen-bond acceptors (Lipinski definition) is 7. The number of H-pyrrole nitrogens is 1. The minimum absolute atomic E-state index is 0.0533. The Morgan fingerprint density at radius 2 is 2.36 bits per heavy atom. The van der Waals surface area contributed by atoms with E-state index < -0.39 is 35.7 Å². The van der Waals surface area contributed by atoms with Gasteiger partial charge in [-0.3, -0.25) is 14.3 Å². The lowest BCUT2D eigenvalue weighted by molar-refractivity contribution is -0.0460. The van der Waals surface area contributed by atoms with E-state index in [0.29, 0.717) is 0 Å². The summed E-state index contributed by atoms with van der Waals surface area (Å²) in [5.74, 6) is -0.0533. The third-order valence-corrected chi connectivity index (χ3v) is 3.77. The standard InChI is InChI=1S/C12H15ClN4O5/c13-2-7(15-5-14)6-3-17(12(21)16-11(6)20)10-1-8(19)9(4-18)22-10/h3,7-10,15,18-19H,1-2,4H2,(H,16,20,21)/t7?,8-,9+,10+/m0/s1. The van der Waals surface area contributed by atoms with Crippen LogP contribution in [0.1, 0.15) is 24.3 Å². The van der Waals surface area contributed by atoms with Gasteiger partial charge in [0.1, 0.15) is 12.3 Å². The molecule has 1 saturated heterocycles. The topological polar surface area (TPSA) is 140 Å². The molecule has 120 valence electrons. The summed E-state index contributed by atoms with van der Waals surface area (Å²) >= 11 is 5.72. The van der Waals surface area contributed by atoms with Crippen molar-refractivity contribution >= 4 is 11.6 Å². The zero-order valence-electron chi connectivity index (χ0n) is 11.4. The number of aromatic nitrogens is 2. The summed E-state index contributed by atoms with van der Waals surface area (Å²) in [6, 6.07) is -0.762. The number of alkyl halides is 1. The molecular weight excluding hydrogens is 316 g/mol. The second-order valence-corrected chi connectivity index (χ2v) is 5.14. The zero-order valence-corrected chi connectivity index (χ0v) is 12.2. The maximum Gasteiger partial charge on any atom is 0.330 e. The first kappa shape index (κ1) is 16.5. The van der Waals surface area contributed by atoms with Crippen molar-refractivity contribution in [1.82, 2.24) is 14.9 Å². The van der Waals surface area contributed by atoms with E-state index in [0.717, 1.165) is 4.57 Å². The molecule has 1 aromatic heterocycles. The molecule has 4 N–H and O–H groups in total. The summed E-state index contributed by atoms with van der Waals surface area (Å²) in [6.45, 7) is -0.386. The maximum atomic E-state index is 11.9. The Bertz CT molecular complexity index is 681. The molecule has 0 aromatic carbocycles. The molecule has 0 saturated carbocycles. The Balaban J connectivity index is 2.39. The summed E-state index contributed by atoms with van der Waals surface area (Å²) in [4.78, 5) is 25.9. The first-order chi connectivity index (χ1) is 10.5. The summed E-state index contributed by atoms with van der Waals surface area (Å²) in [6.07, 6.45) is 0.488. The third-order valence-electron chi connectivity index (χ3n) is 3.46. The van der Waals surface area contributed by atoms with E-state index in [1.165, 1.54) is 6.20 Å². The largest absolute Gasteiger partial charge is 0.394 e. The second-order valence-electron chi connectivity index (χ2n) is 4.83. The van der Waals surface area contributed by atoms with Crippen LogP contribution in [-0.4, -0.2) is 44.5 Å². The van der Waals surface area contributed by atoms with Crippen LogP contribution in [-0.2, 0) is 4.74 Å². The Kier molecular flexibility index (Phi) is 5.20. The summed E-state index contributed by atoms with van der Waals surface area (Å²) in [7, 11) is 0. The molecule has 1 aliphatic rings. The molecule has 1 aromatic rings. The lowest BCUT2D eigenvalue weighted by atomic mass is 10.1. The number of aliphatic hydroxyl groups excluding tert-OH is 2. The van der Waals surface area contributed by atoms with Crippen molar-refractivity contribution in [1.29, 1.82) is 5.26 Å². The van der Waals surface area contributed by atoms with Crippen LogP contribution in [0.25, 0.3) is 0 Å². The molecule has 4 atom stereocenters. The first-order valence-corrected chi connectivity index (χ1v) is 7.05. The van der Waals surface area contributed by atoms with Gasteiger partial charge >= 0.3 is 5.69 Å². The van der Waals surface area contributed by atoms with Crippen LogP contribution in [0.5, 0.6) is 0 Å². The van der Waals surface area contributed by atoms with E-state index in [4.69, 9.17) is 26.7 Å². The molecule has 2 rings (SSSR count). The fourth-order valence-corrected chi connectivity index (χ4v) is 2.53. The molecule has 1 unspecified atom stereocenters.